The number of fused-ring (bicyclic) bond motifs is 1. The van der Waals surface area contributed by atoms with Crippen LogP contribution in [0.2, 0.25) is 5.02 Å². The minimum atomic E-state index is -0.0411. The van der Waals surface area contributed by atoms with Crippen LogP contribution < -0.4 is 5.73 Å². The fraction of sp³-hybridized carbons (Fsp3) is 0.462. The molecule has 1 atom stereocenters. The highest BCUT2D eigenvalue weighted by atomic mass is 35.5. The third-order valence-electron chi connectivity index (χ3n) is 2.94. The van der Waals surface area contributed by atoms with Crippen LogP contribution in [-0.4, -0.2) is 9.97 Å². The van der Waals surface area contributed by atoms with E-state index in [0.29, 0.717) is 5.92 Å². The summed E-state index contributed by atoms with van der Waals surface area (Å²) in [4.78, 5) is 7.84. The molecule has 92 valence electrons. The van der Waals surface area contributed by atoms with Gasteiger partial charge in [-0.3, -0.25) is 0 Å². The minimum absolute atomic E-state index is 0.0411. The predicted molar refractivity (Wildman–Crippen MR) is 72.2 cm³/mol. The molecular weight excluding hydrogens is 234 g/mol. The molecule has 1 unspecified atom stereocenters. The van der Waals surface area contributed by atoms with Gasteiger partial charge in [0.05, 0.1) is 17.1 Å². The number of nitrogens with two attached hydrogens (primary N) is 1. The average molecular weight is 252 g/mol. The SMILES string of the molecule is Cc1c(Cl)ccc2[nH]c(C(N)CC(C)C)nc12. The van der Waals surface area contributed by atoms with E-state index in [9.17, 15) is 0 Å². The summed E-state index contributed by atoms with van der Waals surface area (Å²) >= 11 is 6.08. The van der Waals surface area contributed by atoms with Gasteiger partial charge in [0.1, 0.15) is 5.82 Å². The van der Waals surface area contributed by atoms with Gasteiger partial charge in [-0.05, 0) is 37.0 Å². The zero-order valence-electron chi connectivity index (χ0n) is 10.4. The lowest BCUT2D eigenvalue weighted by atomic mass is 10.0. The van der Waals surface area contributed by atoms with Crippen molar-refractivity contribution < 1.29 is 0 Å². The van der Waals surface area contributed by atoms with E-state index in [2.05, 4.69) is 23.8 Å². The maximum Gasteiger partial charge on any atom is 0.124 e. The van der Waals surface area contributed by atoms with E-state index >= 15 is 0 Å². The number of hydrogen-bond donors (Lipinski definition) is 2. The number of aryl methyl sites for hydroxylation is 1. The van der Waals surface area contributed by atoms with E-state index in [1.54, 1.807) is 0 Å². The Bertz CT molecular complexity index is 531. The molecule has 0 fully saturated rings. The van der Waals surface area contributed by atoms with Crippen molar-refractivity contribution in [3.8, 4) is 0 Å². The molecule has 0 saturated heterocycles. The summed E-state index contributed by atoms with van der Waals surface area (Å²) in [5.74, 6) is 1.40. The molecule has 0 aliphatic rings. The smallest absolute Gasteiger partial charge is 0.124 e. The molecule has 17 heavy (non-hydrogen) atoms. The molecule has 0 aliphatic carbocycles. The standard InChI is InChI=1S/C13H18ClN3/c1-7(2)6-10(15)13-16-11-5-4-9(14)8(3)12(11)17-13/h4-5,7,10H,6,15H2,1-3H3,(H,16,17). The maximum absolute atomic E-state index is 6.12. The molecule has 0 spiro atoms. The highest BCUT2D eigenvalue weighted by Gasteiger charge is 2.14. The average Bonchev–Trinajstić information content (AvgIpc) is 2.67. The molecule has 3 N–H and O–H groups in total. The van der Waals surface area contributed by atoms with Crippen LogP contribution in [0, 0.1) is 12.8 Å². The second kappa shape index (κ2) is 4.67. The van der Waals surface area contributed by atoms with Gasteiger partial charge in [0, 0.05) is 5.02 Å². The molecule has 0 radical (unpaired) electrons. The number of aromatic nitrogens is 2. The van der Waals surface area contributed by atoms with E-state index in [1.807, 2.05) is 19.1 Å². The molecule has 2 aromatic rings. The minimum Gasteiger partial charge on any atom is -0.341 e. The molecule has 0 bridgehead atoms. The highest BCUT2D eigenvalue weighted by molar-refractivity contribution is 6.32. The predicted octanol–water partition coefficient (Wildman–Crippen LogP) is 3.57. The Hall–Kier alpha value is -1.06. The van der Waals surface area contributed by atoms with Crippen molar-refractivity contribution in [2.24, 2.45) is 11.7 Å². The van der Waals surface area contributed by atoms with Crippen molar-refractivity contribution in [2.75, 3.05) is 0 Å². The van der Waals surface area contributed by atoms with Gasteiger partial charge in [0.15, 0.2) is 0 Å². The van der Waals surface area contributed by atoms with Crippen molar-refractivity contribution in [1.82, 2.24) is 9.97 Å². The third-order valence-corrected chi connectivity index (χ3v) is 3.35. The quantitative estimate of drug-likeness (QED) is 0.876. The van der Waals surface area contributed by atoms with Gasteiger partial charge in [-0.25, -0.2) is 4.98 Å². The molecular formula is C13H18ClN3. The Balaban J connectivity index is 2.41. The first kappa shape index (κ1) is 12.4. The van der Waals surface area contributed by atoms with Crippen LogP contribution in [0.3, 0.4) is 0 Å². The Kier molecular flexibility index (Phi) is 3.40. The number of benzene rings is 1. The van der Waals surface area contributed by atoms with Crippen molar-refractivity contribution in [3.63, 3.8) is 0 Å². The number of halogens is 1. The number of aromatic amines is 1. The van der Waals surface area contributed by atoms with Gasteiger partial charge in [-0.2, -0.15) is 0 Å². The largest absolute Gasteiger partial charge is 0.341 e. The van der Waals surface area contributed by atoms with Gasteiger partial charge < -0.3 is 10.7 Å². The van der Waals surface area contributed by atoms with Gasteiger partial charge in [-0.15, -0.1) is 0 Å². The summed E-state index contributed by atoms with van der Waals surface area (Å²) in [5, 5.41) is 0.744. The molecule has 2 rings (SSSR count). The Morgan fingerprint density at radius 3 is 2.76 bits per heavy atom. The summed E-state index contributed by atoms with van der Waals surface area (Å²) in [5.41, 5.74) is 9.05. The number of imidazole rings is 1. The van der Waals surface area contributed by atoms with Crippen molar-refractivity contribution >= 4 is 22.6 Å². The van der Waals surface area contributed by atoms with Crippen molar-refractivity contribution in [2.45, 2.75) is 33.2 Å². The molecule has 0 amide bonds. The lowest BCUT2D eigenvalue weighted by molar-refractivity contribution is 0.496. The lowest BCUT2D eigenvalue weighted by Crippen LogP contribution is -2.14. The van der Waals surface area contributed by atoms with E-state index in [-0.39, 0.29) is 6.04 Å². The zero-order chi connectivity index (χ0) is 12.6. The van der Waals surface area contributed by atoms with Gasteiger partial charge >= 0.3 is 0 Å². The molecule has 3 nitrogen and oxygen atoms in total. The van der Waals surface area contributed by atoms with Crippen LogP contribution in [0.4, 0.5) is 0 Å². The molecule has 1 aromatic heterocycles. The van der Waals surface area contributed by atoms with Crippen molar-refractivity contribution in [3.05, 3.63) is 28.5 Å². The van der Waals surface area contributed by atoms with Crippen LogP contribution in [0.25, 0.3) is 11.0 Å². The first-order valence-electron chi connectivity index (χ1n) is 5.89. The fourth-order valence-electron chi connectivity index (χ4n) is 2.00. The topological polar surface area (TPSA) is 54.7 Å². The third kappa shape index (κ3) is 2.45. The van der Waals surface area contributed by atoms with Crippen molar-refractivity contribution in [1.29, 1.82) is 0 Å². The highest BCUT2D eigenvalue weighted by Crippen LogP contribution is 2.26. The summed E-state index contributed by atoms with van der Waals surface area (Å²) in [7, 11) is 0. The Morgan fingerprint density at radius 2 is 2.12 bits per heavy atom. The normalized spacial score (nSPS) is 13.5. The summed E-state index contributed by atoms with van der Waals surface area (Å²) in [6.07, 6.45) is 0.923. The van der Waals surface area contributed by atoms with Gasteiger partial charge in [0.2, 0.25) is 0 Å². The second-order valence-corrected chi connectivity index (χ2v) is 5.33. The number of nitrogens with zero attached hydrogens (tertiary/aromatic N) is 1. The maximum atomic E-state index is 6.12. The molecule has 1 aromatic carbocycles. The second-order valence-electron chi connectivity index (χ2n) is 4.93. The first-order chi connectivity index (χ1) is 7.99. The monoisotopic (exact) mass is 251 g/mol. The summed E-state index contributed by atoms with van der Waals surface area (Å²) < 4.78 is 0. The van der Waals surface area contributed by atoms with E-state index in [1.165, 1.54) is 0 Å². The Labute approximate surface area is 106 Å². The lowest BCUT2D eigenvalue weighted by Gasteiger charge is -2.10. The number of nitrogens with one attached hydrogen (secondary N) is 1. The molecule has 0 aliphatic heterocycles. The van der Waals surface area contributed by atoms with Crippen LogP contribution >= 0.6 is 11.6 Å². The van der Waals surface area contributed by atoms with Crippen LogP contribution in [-0.2, 0) is 0 Å². The van der Waals surface area contributed by atoms with Gasteiger partial charge in [0.25, 0.3) is 0 Å². The van der Waals surface area contributed by atoms with Crippen LogP contribution in [0.5, 0.6) is 0 Å². The molecule has 1 heterocycles. The zero-order valence-corrected chi connectivity index (χ0v) is 11.2. The number of H-pyrrole nitrogens is 1. The first-order valence-corrected chi connectivity index (χ1v) is 6.27. The van der Waals surface area contributed by atoms with Crippen LogP contribution in [0.1, 0.15) is 37.7 Å². The number of hydrogen-bond acceptors (Lipinski definition) is 2. The summed E-state index contributed by atoms with van der Waals surface area (Å²) in [6.45, 7) is 6.29. The van der Waals surface area contributed by atoms with E-state index < -0.39 is 0 Å². The van der Waals surface area contributed by atoms with E-state index in [4.69, 9.17) is 17.3 Å². The van der Waals surface area contributed by atoms with E-state index in [0.717, 1.165) is 33.9 Å². The van der Waals surface area contributed by atoms with Crippen LogP contribution in [0.15, 0.2) is 12.1 Å². The Morgan fingerprint density at radius 1 is 1.41 bits per heavy atom. The summed E-state index contributed by atoms with van der Waals surface area (Å²) in [6, 6.07) is 3.79. The van der Waals surface area contributed by atoms with Gasteiger partial charge in [-0.1, -0.05) is 25.4 Å². The number of rotatable bonds is 3. The molecule has 4 heteroatoms. The fourth-order valence-corrected chi connectivity index (χ4v) is 2.15. The molecule has 0 saturated carbocycles.